The molecule has 0 aliphatic heterocycles. The second-order valence-corrected chi connectivity index (χ2v) is 5.92. The number of thiazole rings is 1. The number of anilines is 1. The van der Waals surface area contributed by atoms with Crippen LogP contribution in [0.1, 0.15) is 19.0 Å². The molecule has 22 heavy (non-hydrogen) atoms. The Hall–Kier alpha value is -2.27. The number of aromatic nitrogens is 2. The van der Waals surface area contributed by atoms with Gasteiger partial charge in [-0.3, -0.25) is 4.98 Å². The number of benzene rings is 1. The topological polar surface area (TPSA) is 51.8 Å². The number of hydrogen-bond donors (Lipinski definition) is 1. The van der Waals surface area contributed by atoms with Crippen LogP contribution in [0.3, 0.4) is 0 Å². The van der Waals surface area contributed by atoms with Crippen LogP contribution in [0.25, 0.3) is 21.8 Å². The first-order valence-electron chi connectivity index (χ1n) is 7.13. The molecule has 0 fully saturated rings. The molecular formula is C17H16FN3S. The molecule has 3 rings (SSSR count). The molecule has 2 heterocycles. The van der Waals surface area contributed by atoms with Crippen molar-refractivity contribution in [3.05, 3.63) is 53.4 Å². The zero-order valence-corrected chi connectivity index (χ0v) is 13.0. The highest BCUT2D eigenvalue weighted by Crippen LogP contribution is 2.31. The van der Waals surface area contributed by atoms with E-state index in [1.165, 1.54) is 17.4 Å². The summed E-state index contributed by atoms with van der Waals surface area (Å²) in [7, 11) is 0. The Labute approximate surface area is 132 Å². The lowest BCUT2D eigenvalue weighted by Gasteiger charge is -2.02. The molecule has 0 aliphatic rings. The van der Waals surface area contributed by atoms with Crippen molar-refractivity contribution in [2.24, 2.45) is 0 Å². The number of halogens is 1. The van der Waals surface area contributed by atoms with Crippen molar-refractivity contribution in [2.45, 2.75) is 19.8 Å². The van der Waals surface area contributed by atoms with E-state index >= 15 is 0 Å². The summed E-state index contributed by atoms with van der Waals surface area (Å²) in [6.45, 7) is 2.12. The van der Waals surface area contributed by atoms with Gasteiger partial charge in [0.05, 0.1) is 5.69 Å². The summed E-state index contributed by atoms with van der Waals surface area (Å²) in [5.41, 5.74) is 9.17. The molecule has 5 heteroatoms. The van der Waals surface area contributed by atoms with E-state index in [0.29, 0.717) is 16.9 Å². The summed E-state index contributed by atoms with van der Waals surface area (Å²) in [5.74, 6) is -0.349. The molecular weight excluding hydrogens is 297 g/mol. The van der Waals surface area contributed by atoms with Gasteiger partial charge in [-0.1, -0.05) is 13.3 Å². The van der Waals surface area contributed by atoms with E-state index in [0.717, 1.165) is 29.1 Å². The van der Waals surface area contributed by atoms with E-state index in [4.69, 9.17) is 5.73 Å². The van der Waals surface area contributed by atoms with Crippen molar-refractivity contribution < 1.29 is 4.39 Å². The molecule has 2 N–H and O–H groups in total. The standard InChI is InChI=1S/C17H16FN3S/c1-2-3-13-8-11(6-7-20-13)17-21-16(10-22-17)14-5-4-12(19)9-15(14)18/h4-10H,2-3,19H2,1H3. The van der Waals surface area contributed by atoms with E-state index in [1.54, 1.807) is 18.3 Å². The zero-order valence-electron chi connectivity index (χ0n) is 12.2. The minimum atomic E-state index is -0.349. The Morgan fingerprint density at radius 3 is 2.86 bits per heavy atom. The minimum absolute atomic E-state index is 0.349. The van der Waals surface area contributed by atoms with Gasteiger partial charge in [-0.15, -0.1) is 11.3 Å². The second kappa shape index (κ2) is 6.23. The molecule has 0 spiro atoms. The fourth-order valence-corrected chi connectivity index (χ4v) is 3.09. The average molecular weight is 313 g/mol. The van der Waals surface area contributed by atoms with Crippen molar-refractivity contribution in [2.75, 3.05) is 5.73 Å². The van der Waals surface area contributed by atoms with Gasteiger partial charge in [-0.25, -0.2) is 9.37 Å². The molecule has 0 saturated carbocycles. The molecule has 0 bridgehead atoms. The Morgan fingerprint density at radius 1 is 1.23 bits per heavy atom. The average Bonchev–Trinajstić information content (AvgIpc) is 2.97. The van der Waals surface area contributed by atoms with Crippen LogP contribution >= 0.6 is 11.3 Å². The normalized spacial score (nSPS) is 10.8. The Morgan fingerprint density at radius 2 is 2.09 bits per heavy atom. The maximum absolute atomic E-state index is 14.0. The first-order valence-corrected chi connectivity index (χ1v) is 8.01. The fourth-order valence-electron chi connectivity index (χ4n) is 2.27. The quantitative estimate of drug-likeness (QED) is 0.719. The summed E-state index contributed by atoms with van der Waals surface area (Å²) in [5, 5.41) is 2.73. The van der Waals surface area contributed by atoms with E-state index < -0.39 is 0 Å². The second-order valence-electron chi connectivity index (χ2n) is 5.06. The number of aryl methyl sites for hydroxylation is 1. The molecule has 0 unspecified atom stereocenters. The highest BCUT2D eigenvalue weighted by Gasteiger charge is 2.11. The monoisotopic (exact) mass is 313 g/mol. The van der Waals surface area contributed by atoms with Crippen LogP contribution in [0.4, 0.5) is 10.1 Å². The van der Waals surface area contributed by atoms with E-state index in [-0.39, 0.29) is 5.82 Å². The van der Waals surface area contributed by atoms with Crippen LogP contribution in [0.5, 0.6) is 0 Å². The van der Waals surface area contributed by atoms with Gasteiger partial charge in [0.25, 0.3) is 0 Å². The fraction of sp³-hybridized carbons (Fsp3) is 0.176. The number of nitrogens with zero attached hydrogens (tertiary/aromatic N) is 2. The van der Waals surface area contributed by atoms with Crippen LogP contribution in [0.15, 0.2) is 41.9 Å². The van der Waals surface area contributed by atoms with Crippen molar-refractivity contribution >= 4 is 17.0 Å². The molecule has 3 nitrogen and oxygen atoms in total. The summed E-state index contributed by atoms with van der Waals surface area (Å²) in [6.07, 6.45) is 3.79. The maximum Gasteiger partial charge on any atom is 0.134 e. The van der Waals surface area contributed by atoms with Gasteiger partial charge in [0, 0.05) is 34.1 Å². The van der Waals surface area contributed by atoms with Crippen LogP contribution in [0, 0.1) is 5.82 Å². The van der Waals surface area contributed by atoms with E-state index in [1.807, 2.05) is 17.5 Å². The molecule has 0 saturated heterocycles. The van der Waals surface area contributed by atoms with Gasteiger partial charge in [0.2, 0.25) is 0 Å². The third-order valence-electron chi connectivity index (χ3n) is 3.34. The van der Waals surface area contributed by atoms with Gasteiger partial charge in [0.15, 0.2) is 0 Å². The summed E-state index contributed by atoms with van der Waals surface area (Å²) >= 11 is 1.50. The minimum Gasteiger partial charge on any atom is -0.399 e. The van der Waals surface area contributed by atoms with E-state index in [9.17, 15) is 4.39 Å². The smallest absolute Gasteiger partial charge is 0.134 e. The lowest BCUT2D eigenvalue weighted by Crippen LogP contribution is -1.90. The van der Waals surface area contributed by atoms with Gasteiger partial charge in [0.1, 0.15) is 10.8 Å². The molecule has 0 amide bonds. The third-order valence-corrected chi connectivity index (χ3v) is 4.23. The predicted molar refractivity (Wildman–Crippen MR) is 89.1 cm³/mol. The first kappa shape index (κ1) is 14.7. The number of hydrogen-bond acceptors (Lipinski definition) is 4. The van der Waals surface area contributed by atoms with Gasteiger partial charge < -0.3 is 5.73 Å². The van der Waals surface area contributed by atoms with Crippen LogP contribution < -0.4 is 5.73 Å². The molecule has 0 atom stereocenters. The molecule has 0 radical (unpaired) electrons. The Balaban J connectivity index is 1.95. The van der Waals surface area contributed by atoms with Crippen molar-refractivity contribution in [1.29, 1.82) is 0 Å². The van der Waals surface area contributed by atoms with Crippen molar-refractivity contribution in [3.8, 4) is 21.8 Å². The van der Waals surface area contributed by atoms with Crippen molar-refractivity contribution in [3.63, 3.8) is 0 Å². The molecule has 1 aromatic carbocycles. The summed E-state index contributed by atoms with van der Waals surface area (Å²) in [4.78, 5) is 8.90. The molecule has 3 aromatic rings. The largest absolute Gasteiger partial charge is 0.399 e. The van der Waals surface area contributed by atoms with Crippen molar-refractivity contribution in [1.82, 2.24) is 9.97 Å². The van der Waals surface area contributed by atoms with Crippen LogP contribution in [-0.4, -0.2) is 9.97 Å². The van der Waals surface area contributed by atoms with Gasteiger partial charge >= 0.3 is 0 Å². The molecule has 2 aromatic heterocycles. The highest BCUT2D eigenvalue weighted by molar-refractivity contribution is 7.13. The highest BCUT2D eigenvalue weighted by atomic mass is 32.1. The zero-order chi connectivity index (χ0) is 15.5. The Kier molecular flexibility index (Phi) is 4.15. The lowest BCUT2D eigenvalue weighted by molar-refractivity contribution is 0.631. The number of rotatable bonds is 4. The van der Waals surface area contributed by atoms with E-state index in [2.05, 4.69) is 16.9 Å². The van der Waals surface area contributed by atoms with Crippen LogP contribution in [0.2, 0.25) is 0 Å². The SMILES string of the molecule is CCCc1cc(-c2nc(-c3ccc(N)cc3F)cs2)ccn1. The predicted octanol–water partition coefficient (Wildman–Crippen LogP) is 4.55. The third kappa shape index (κ3) is 2.99. The first-order chi connectivity index (χ1) is 10.7. The number of nitrogens with two attached hydrogens (primary N) is 1. The van der Waals surface area contributed by atoms with Gasteiger partial charge in [-0.2, -0.15) is 0 Å². The molecule has 112 valence electrons. The lowest BCUT2D eigenvalue weighted by atomic mass is 10.1. The van der Waals surface area contributed by atoms with Crippen LogP contribution in [-0.2, 0) is 6.42 Å². The number of nitrogen functional groups attached to an aromatic ring is 1. The summed E-state index contributed by atoms with van der Waals surface area (Å²) < 4.78 is 14.0. The summed E-state index contributed by atoms with van der Waals surface area (Å²) in [6, 6.07) is 8.65. The maximum atomic E-state index is 14.0. The Bertz CT molecular complexity index is 798. The number of pyridine rings is 1. The molecule has 0 aliphatic carbocycles. The van der Waals surface area contributed by atoms with Gasteiger partial charge in [-0.05, 0) is 36.8 Å².